The largest absolute Gasteiger partial charge is 0.311 e. The van der Waals surface area contributed by atoms with Gasteiger partial charge in [0.2, 0.25) is 0 Å². The van der Waals surface area contributed by atoms with Gasteiger partial charge in [0.25, 0.3) is 0 Å². The van der Waals surface area contributed by atoms with Gasteiger partial charge in [-0.2, -0.15) is 0 Å². The van der Waals surface area contributed by atoms with E-state index in [9.17, 15) is 0 Å². The van der Waals surface area contributed by atoms with E-state index < -0.39 is 0 Å². The van der Waals surface area contributed by atoms with Crippen molar-refractivity contribution in [2.24, 2.45) is 11.3 Å². The molecule has 13 heavy (non-hydrogen) atoms. The fourth-order valence-corrected chi connectivity index (χ4v) is 2.75. The van der Waals surface area contributed by atoms with Crippen LogP contribution in [0.25, 0.3) is 0 Å². The van der Waals surface area contributed by atoms with Crippen LogP contribution >= 0.6 is 0 Å². The summed E-state index contributed by atoms with van der Waals surface area (Å²) in [5.41, 5.74) is 0.524. The van der Waals surface area contributed by atoms with E-state index in [0.717, 1.165) is 12.5 Å². The summed E-state index contributed by atoms with van der Waals surface area (Å²) < 4.78 is 0. The van der Waals surface area contributed by atoms with Crippen molar-refractivity contribution < 1.29 is 0 Å². The molecule has 1 heteroatoms. The maximum Gasteiger partial charge on any atom is 0.0134 e. The Morgan fingerprint density at radius 3 is 2.69 bits per heavy atom. The normalized spacial score (nSPS) is 32.8. The molecule has 0 heterocycles. The molecule has 0 aromatic rings. The van der Waals surface area contributed by atoms with Crippen LogP contribution in [-0.2, 0) is 0 Å². The first-order valence-electron chi connectivity index (χ1n) is 5.38. The Bertz CT molecular complexity index is 172. The molecule has 76 valence electrons. The molecule has 0 radical (unpaired) electrons. The molecule has 1 saturated carbocycles. The van der Waals surface area contributed by atoms with E-state index in [2.05, 4.69) is 32.7 Å². The molecule has 0 aromatic heterocycles. The summed E-state index contributed by atoms with van der Waals surface area (Å²) in [6.07, 6.45) is 5.97. The molecule has 1 N–H and O–H groups in total. The highest BCUT2D eigenvalue weighted by Gasteiger charge is 2.31. The van der Waals surface area contributed by atoms with E-state index in [1.165, 1.54) is 19.3 Å². The van der Waals surface area contributed by atoms with Gasteiger partial charge in [0.15, 0.2) is 0 Å². The summed E-state index contributed by atoms with van der Waals surface area (Å²) in [4.78, 5) is 0. The minimum absolute atomic E-state index is 0.524. The lowest BCUT2D eigenvalue weighted by Crippen LogP contribution is -2.40. The van der Waals surface area contributed by atoms with Crippen molar-refractivity contribution in [3.63, 3.8) is 0 Å². The average molecular weight is 181 g/mol. The highest BCUT2D eigenvalue weighted by molar-refractivity contribution is 4.87. The van der Waals surface area contributed by atoms with Crippen molar-refractivity contribution in [2.45, 2.75) is 46.1 Å². The Morgan fingerprint density at radius 1 is 1.46 bits per heavy atom. The van der Waals surface area contributed by atoms with Crippen LogP contribution < -0.4 is 5.32 Å². The fourth-order valence-electron chi connectivity index (χ4n) is 2.75. The molecule has 2 unspecified atom stereocenters. The zero-order chi connectivity index (χ0) is 9.90. The van der Waals surface area contributed by atoms with Gasteiger partial charge in [0.05, 0.1) is 0 Å². The van der Waals surface area contributed by atoms with Crippen molar-refractivity contribution in [1.29, 1.82) is 0 Å². The SMILES string of the molecule is C=CCNC1CC(C)CC(C)(C)C1. The molecule has 1 aliphatic carbocycles. The highest BCUT2D eigenvalue weighted by Crippen LogP contribution is 2.38. The summed E-state index contributed by atoms with van der Waals surface area (Å²) in [6.45, 7) is 11.8. The van der Waals surface area contributed by atoms with Gasteiger partial charge in [-0.15, -0.1) is 6.58 Å². The highest BCUT2D eigenvalue weighted by atomic mass is 14.9. The molecule has 0 spiro atoms. The molecule has 0 amide bonds. The summed E-state index contributed by atoms with van der Waals surface area (Å²) >= 11 is 0. The van der Waals surface area contributed by atoms with E-state index in [-0.39, 0.29) is 0 Å². The third-order valence-corrected chi connectivity index (χ3v) is 2.94. The maximum atomic E-state index is 3.74. The summed E-state index contributed by atoms with van der Waals surface area (Å²) in [6, 6.07) is 0.705. The first-order chi connectivity index (χ1) is 6.03. The fraction of sp³-hybridized carbons (Fsp3) is 0.833. The first-order valence-corrected chi connectivity index (χ1v) is 5.38. The second-order valence-electron chi connectivity index (χ2n) is 5.31. The van der Waals surface area contributed by atoms with Crippen molar-refractivity contribution in [2.75, 3.05) is 6.54 Å². The summed E-state index contributed by atoms with van der Waals surface area (Å²) in [7, 11) is 0. The molecule has 0 aromatic carbocycles. The predicted octanol–water partition coefficient (Wildman–Crippen LogP) is 2.98. The Balaban J connectivity index is 2.42. The predicted molar refractivity (Wildman–Crippen MR) is 58.8 cm³/mol. The van der Waals surface area contributed by atoms with Gasteiger partial charge in [-0.05, 0) is 30.6 Å². The quantitative estimate of drug-likeness (QED) is 0.660. The lowest BCUT2D eigenvalue weighted by molar-refractivity contribution is 0.154. The molecule has 0 aliphatic heterocycles. The third kappa shape index (κ3) is 3.51. The zero-order valence-corrected chi connectivity index (χ0v) is 9.27. The summed E-state index contributed by atoms with van der Waals surface area (Å²) in [5.74, 6) is 0.867. The van der Waals surface area contributed by atoms with E-state index in [4.69, 9.17) is 0 Å². The van der Waals surface area contributed by atoms with Crippen LogP contribution in [-0.4, -0.2) is 12.6 Å². The maximum absolute atomic E-state index is 3.74. The molecule has 0 saturated heterocycles. The third-order valence-electron chi connectivity index (χ3n) is 2.94. The van der Waals surface area contributed by atoms with Gasteiger partial charge < -0.3 is 5.32 Å². The monoisotopic (exact) mass is 181 g/mol. The van der Waals surface area contributed by atoms with Crippen molar-refractivity contribution in [1.82, 2.24) is 5.32 Å². The van der Waals surface area contributed by atoms with Gasteiger partial charge in [-0.3, -0.25) is 0 Å². The second-order valence-corrected chi connectivity index (χ2v) is 5.31. The second kappa shape index (κ2) is 4.28. The Labute approximate surface area is 82.6 Å². The minimum Gasteiger partial charge on any atom is -0.311 e. The van der Waals surface area contributed by atoms with Crippen LogP contribution in [0.4, 0.5) is 0 Å². The van der Waals surface area contributed by atoms with Gasteiger partial charge in [-0.25, -0.2) is 0 Å². The molecule has 1 rings (SSSR count). The van der Waals surface area contributed by atoms with Crippen molar-refractivity contribution in [3.05, 3.63) is 12.7 Å². The lowest BCUT2D eigenvalue weighted by Gasteiger charge is -2.39. The van der Waals surface area contributed by atoms with Crippen molar-refractivity contribution >= 4 is 0 Å². The molecular formula is C12H23N. The van der Waals surface area contributed by atoms with E-state index in [0.29, 0.717) is 11.5 Å². The Morgan fingerprint density at radius 2 is 2.15 bits per heavy atom. The molecule has 1 aliphatic rings. The van der Waals surface area contributed by atoms with Crippen LogP contribution in [0.3, 0.4) is 0 Å². The van der Waals surface area contributed by atoms with Crippen LogP contribution in [0.5, 0.6) is 0 Å². The summed E-state index contributed by atoms with van der Waals surface area (Å²) in [5, 5.41) is 3.54. The molecule has 2 atom stereocenters. The minimum atomic E-state index is 0.524. The lowest BCUT2D eigenvalue weighted by atomic mass is 9.70. The molecule has 0 bridgehead atoms. The molecule has 1 fully saturated rings. The van der Waals surface area contributed by atoms with Crippen LogP contribution in [0.15, 0.2) is 12.7 Å². The average Bonchev–Trinajstić information content (AvgIpc) is 1.97. The van der Waals surface area contributed by atoms with E-state index in [1.807, 2.05) is 6.08 Å². The van der Waals surface area contributed by atoms with Crippen LogP contribution in [0.1, 0.15) is 40.0 Å². The zero-order valence-electron chi connectivity index (χ0n) is 9.27. The molecular weight excluding hydrogens is 158 g/mol. The molecule has 1 nitrogen and oxygen atoms in total. The Kier molecular flexibility index (Phi) is 3.55. The van der Waals surface area contributed by atoms with Gasteiger partial charge in [0, 0.05) is 12.6 Å². The van der Waals surface area contributed by atoms with Crippen LogP contribution in [0.2, 0.25) is 0 Å². The van der Waals surface area contributed by atoms with Gasteiger partial charge in [-0.1, -0.05) is 26.8 Å². The smallest absolute Gasteiger partial charge is 0.0134 e. The topological polar surface area (TPSA) is 12.0 Å². The van der Waals surface area contributed by atoms with E-state index in [1.54, 1.807) is 0 Å². The van der Waals surface area contributed by atoms with Crippen LogP contribution in [0, 0.1) is 11.3 Å². The van der Waals surface area contributed by atoms with E-state index >= 15 is 0 Å². The van der Waals surface area contributed by atoms with Crippen molar-refractivity contribution in [3.8, 4) is 0 Å². The number of rotatable bonds is 3. The first kappa shape index (κ1) is 10.8. The Hall–Kier alpha value is -0.300. The van der Waals surface area contributed by atoms with Gasteiger partial charge in [0.1, 0.15) is 0 Å². The van der Waals surface area contributed by atoms with Gasteiger partial charge >= 0.3 is 0 Å². The standard InChI is InChI=1S/C12H23N/c1-5-6-13-11-7-10(2)8-12(3,4)9-11/h5,10-11,13H,1,6-9H2,2-4H3. The number of hydrogen-bond donors (Lipinski definition) is 1. The number of hydrogen-bond acceptors (Lipinski definition) is 1. The number of nitrogens with one attached hydrogen (secondary N) is 1.